The Balaban J connectivity index is 2.16. The number of nitrogens with one attached hydrogen (secondary N) is 1. The standard InChI is InChI=1S/C15H24N2O2/c1-3-16-12-13-5-6-14(15(11-13)19-4-2)17-7-9-18-10-8-17/h5-6,11,16H,3-4,7-10,12H2,1-2H3. The van der Waals surface area contributed by atoms with Crippen LogP contribution in [0.15, 0.2) is 18.2 Å². The fraction of sp³-hybridized carbons (Fsp3) is 0.600. The lowest BCUT2D eigenvalue weighted by molar-refractivity contribution is 0.122. The van der Waals surface area contributed by atoms with Gasteiger partial charge >= 0.3 is 0 Å². The molecular formula is C15H24N2O2. The zero-order valence-corrected chi connectivity index (χ0v) is 11.9. The summed E-state index contributed by atoms with van der Waals surface area (Å²) in [4.78, 5) is 2.34. The largest absolute Gasteiger partial charge is 0.492 e. The Kier molecular flexibility index (Phi) is 5.48. The summed E-state index contributed by atoms with van der Waals surface area (Å²) in [5, 5.41) is 3.34. The molecule has 0 bridgehead atoms. The average molecular weight is 264 g/mol. The van der Waals surface area contributed by atoms with Crippen LogP contribution in [0.3, 0.4) is 0 Å². The summed E-state index contributed by atoms with van der Waals surface area (Å²) in [7, 11) is 0. The predicted molar refractivity (Wildman–Crippen MR) is 78.0 cm³/mol. The highest BCUT2D eigenvalue weighted by Crippen LogP contribution is 2.30. The van der Waals surface area contributed by atoms with Crippen LogP contribution in [0.1, 0.15) is 19.4 Å². The van der Waals surface area contributed by atoms with E-state index in [9.17, 15) is 0 Å². The molecule has 1 N–H and O–H groups in total. The first-order valence-electron chi connectivity index (χ1n) is 7.14. The predicted octanol–water partition coefficient (Wildman–Crippen LogP) is 2.03. The molecule has 1 aromatic carbocycles. The van der Waals surface area contributed by atoms with Gasteiger partial charge in [-0.2, -0.15) is 0 Å². The highest BCUT2D eigenvalue weighted by atomic mass is 16.5. The van der Waals surface area contributed by atoms with Crippen LogP contribution in [0.4, 0.5) is 5.69 Å². The maximum absolute atomic E-state index is 5.80. The molecule has 0 unspecified atom stereocenters. The third kappa shape index (κ3) is 3.85. The normalized spacial score (nSPS) is 15.6. The van der Waals surface area contributed by atoms with E-state index in [1.165, 1.54) is 11.3 Å². The van der Waals surface area contributed by atoms with E-state index in [-0.39, 0.29) is 0 Å². The molecular weight excluding hydrogens is 240 g/mol. The minimum atomic E-state index is 0.696. The Morgan fingerprint density at radius 3 is 2.74 bits per heavy atom. The second-order valence-corrected chi connectivity index (χ2v) is 4.61. The summed E-state index contributed by atoms with van der Waals surface area (Å²) >= 11 is 0. The summed E-state index contributed by atoms with van der Waals surface area (Å²) < 4.78 is 11.2. The fourth-order valence-electron chi connectivity index (χ4n) is 2.27. The van der Waals surface area contributed by atoms with E-state index in [0.29, 0.717) is 6.61 Å². The molecule has 1 aliphatic rings. The maximum atomic E-state index is 5.80. The topological polar surface area (TPSA) is 33.7 Å². The maximum Gasteiger partial charge on any atom is 0.142 e. The SMILES string of the molecule is CCNCc1ccc(N2CCOCC2)c(OCC)c1. The summed E-state index contributed by atoms with van der Waals surface area (Å²) in [6.07, 6.45) is 0. The van der Waals surface area contributed by atoms with Crippen LogP contribution in [0, 0.1) is 0 Å². The molecule has 1 saturated heterocycles. The van der Waals surface area contributed by atoms with Gasteiger partial charge in [-0.15, -0.1) is 0 Å². The highest BCUT2D eigenvalue weighted by molar-refractivity contribution is 5.60. The van der Waals surface area contributed by atoms with Crippen molar-refractivity contribution in [3.05, 3.63) is 23.8 Å². The first-order chi connectivity index (χ1) is 9.35. The molecule has 106 valence electrons. The fourth-order valence-corrected chi connectivity index (χ4v) is 2.27. The molecule has 0 atom stereocenters. The Morgan fingerprint density at radius 1 is 1.26 bits per heavy atom. The Bertz CT molecular complexity index is 390. The second kappa shape index (κ2) is 7.36. The molecule has 1 heterocycles. The number of benzene rings is 1. The lowest BCUT2D eigenvalue weighted by Crippen LogP contribution is -2.36. The quantitative estimate of drug-likeness (QED) is 0.852. The number of rotatable bonds is 6. The van der Waals surface area contributed by atoms with Gasteiger partial charge < -0.3 is 19.7 Å². The van der Waals surface area contributed by atoms with E-state index < -0.39 is 0 Å². The van der Waals surface area contributed by atoms with Crippen molar-refractivity contribution in [1.82, 2.24) is 5.32 Å². The van der Waals surface area contributed by atoms with Crippen molar-refractivity contribution < 1.29 is 9.47 Å². The molecule has 4 heteroatoms. The lowest BCUT2D eigenvalue weighted by Gasteiger charge is -2.30. The second-order valence-electron chi connectivity index (χ2n) is 4.61. The van der Waals surface area contributed by atoms with E-state index in [1.807, 2.05) is 6.92 Å². The first-order valence-corrected chi connectivity index (χ1v) is 7.14. The van der Waals surface area contributed by atoms with Crippen LogP contribution in [-0.4, -0.2) is 39.5 Å². The Hall–Kier alpha value is -1.26. The zero-order chi connectivity index (χ0) is 13.5. The smallest absolute Gasteiger partial charge is 0.142 e. The van der Waals surface area contributed by atoms with Gasteiger partial charge in [0.05, 0.1) is 25.5 Å². The number of hydrogen-bond donors (Lipinski definition) is 1. The molecule has 0 aromatic heterocycles. The number of ether oxygens (including phenoxy) is 2. The molecule has 1 aliphatic heterocycles. The van der Waals surface area contributed by atoms with Gasteiger partial charge in [0.25, 0.3) is 0 Å². The van der Waals surface area contributed by atoms with Crippen molar-refractivity contribution >= 4 is 5.69 Å². The molecule has 0 radical (unpaired) electrons. The molecule has 1 aromatic rings. The summed E-state index contributed by atoms with van der Waals surface area (Å²) in [5.74, 6) is 0.986. The van der Waals surface area contributed by atoms with E-state index in [1.54, 1.807) is 0 Å². The van der Waals surface area contributed by atoms with Gasteiger partial charge in [0.15, 0.2) is 0 Å². The summed E-state index contributed by atoms with van der Waals surface area (Å²) in [5.41, 5.74) is 2.45. The van der Waals surface area contributed by atoms with Crippen molar-refractivity contribution in [3.63, 3.8) is 0 Å². The van der Waals surface area contributed by atoms with Gasteiger partial charge in [-0.25, -0.2) is 0 Å². The van der Waals surface area contributed by atoms with Crippen LogP contribution in [0.5, 0.6) is 5.75 Å². The van der Waals surface area contributed by atoms with Gasteiger partial charge in [0.2, 0.25) is 0 Å². The first kappa shape index (κ1) is 14.2. The third-order valence-corrected chi connectivity index (χ3v) is 3.25. The van der Waals surface area contributed by atoms with Crippen LogP contribution >= 0.6 is 0 Å². The molecule has 2 rings (SSSR count). The van der Waals surface area contributed by atoms with Gasteiger partial charge in [-0.1, -0.05) is 13.0 Å². The van der Waals surface area contributed by atoms with E-state index in [2.05, 4.69) is 35.3 Å². The van der Waals surface area contributed by atoms with Crippen LogP contribution in [0.2, 0.25) is 0 Å². The molecule has 0 spiro atoms. The van der Waals surface area contributed by atoms with E-state index >= 15 is 0 Å². The molecule has 0 aliphatic carbocycles. The van der Waals surface area contributed by atoms with Gasteiger partial charge in [0.1, 0.15) is 5.75 Å². The number of anilines is 1. The van der Waals surface area contributed by atoms with Crippen LogP contribution < -0.4 is 15.0 Å². The highest BCUT2D eigenvalue weighted by Gasteiger charge is 2.15. The van der Waals surface area contributed by atoms with Gasteiger partial charge in [-0.3, -0.25) is 0 Å². The van der Waals surface area contributed by atoms with Gasteiger partial charge in [0, 0.05) is 19.6 Å². The minimum absolute atomic E-state index is 0.696. The molecule has 0 amide bonds. The monoisotopic (exact) mass is 264 g/mol. The van der Waals surface area contributed by atoms with Crippen molar-refractivity contribution in [1.29, 1.82) is 0 Å². The van der Waals surface area contributed by atoms with Crippen molar-refractivity contribution in [3.8, 4) is 5.75 Å². The van der Waals surface area contributed by atoms with Crippen LogP contribution in [-0.2, 0) is 11.3 Å². The molecule has 4 nitrogen and oxygen atoms in total. The van der Waals surface area contributed by atoms with Crippen LogP contribution in [0.25, 0.3) is 0 Å². The zero-order valence-electron chi connectivity index (χ0n) is 11.9. The summed E-state index contributed by atoms with van der Waals surface area (Å²) in [6, 6.07) is 6.50. The minimum Gasteiger partial charge on any atom is -0.492 e. The van der Waals surface area contributed by atoms with Crippen molar-refractivity contribution in [2.45, 2.75) is 20.4 Å². The molecule has 19 heavy (non-hydrogen) atoms. The Morgan fingerprint density at radius 2 is 2.05 bits per heavy atom. The van der Waals surface area contributed by atoms with E-state index in [0.717, 1.165) is 45.1 Å². The van der Waals surface area contributed by atoms with Gasteiger partial charge in [-0.05, 0) is 31.2 Å². The average Bonchev–Trinajstić information content (AvgIpc) is 2.46. The van der Waals surface area contributed by atoms with Crippen molar-refractivity contribution in [2.75, 3.05) is 44.4 Å². The molecule has 0 saturated carbocycles. The third-order valence-electron chi connectivity index (χ3n) is 3.25. The van der Waals surface area contributed by atoms with E-state index in [4.69, 9.17) is 9.47 Å². The lowest BCUT2D eigenvalue weighted by atomic mass is 10.1. The molecule has 1 fully saturated rings. The number of morpholine rings is 1. The number of nitrogens with zero attached hydrogens (tertiary/aromatic N) is 1. The summed E-state index contributed by atoms with van der Waals surface area (Å²) in [6.45, 7) is 10.2. The number of hydrogen-bond acceptors (Lipinski definition) is 4. The Labute approximate surface area is 115 Å². The van der Waals surface area contributed by atoms with Crippen molar-refractivity contribution in [2.24, 2.45) is 0 Å².